The monoisotopic (exact) mass is 268 g/mol. The van der Waals surface area contributed by atoms with Crippen molar-refractivity contribution in [3.05, 3.63) is 71.8 Å². The van der Waals surface area contributed by atoms with Gasteiger partial charge < -0.3 is 4.74 Å². The third-order valence-electron chi connectivity index (χ3n) is 3.18. The number of benzene rings is 2. The molecule has 0 bridgehead atoms. The topological polar surface area (TPSA) is 26.3 Å². The molecule has 2 aromatic carbocycles. The molecule has 2 aromatic rings. The van der Waals surface area contributed by atoms with E-state index in [-0.39, 0.29) is 18.3 Å². The quantitative estimate of drug-likeness (QED) is 0.714. The molecule has 0 spiro atoms. The molecule has 0 saturated heterocycles. The number of ether oxygens (including phenoxy) is 1. The number of carbonyl (C=O) groups excluding carboxylic acids is 1. The first kappa shape index (κ1) is 14.5. The summed E-state index contributed by atoms with van der Waals surface area (Å²) < 4.78 is 5.42. The SMILES string of the molecule is CCCOCC(=O)C(c1ccccc1)c1ccccc1. The highest BCUT2D eigenvalue weighted by Crippen LogP contribution is 2.25. The summed E-state index contributed by atoms with van der Waals surface area (Å²) in [5, 5.41) is 0. The second kappa shape index (κ2) is 7.61. The fraction of sp³-hybridized carbons (Fsp3) is 0.278. The lowest BCUT2D eigenvalue weighted by Crippen LogP contribution is -2.19. The molecule has 0 heterocycles. The Hall–Kier alpha value is -1.93. The Kier molecular flexibility index (Phi) is 5.51. The lowest BCUT2D eigenvalue weighted by Gasteiger charge is -2.17. The van der Waals surface area contributed by atoms with Gasteiger partial charge in [-0.25, -0.2) is 0 Å². The molecule has 20 heavy (non-hydrogen) atoms. The molecule has 2 heteroatoms. The summed E-state index contributed by atoms with van der Waals surface area (Å²) in [7, 11) is 0. The predicted molar refractivity (Wildman–Crippen MR) is 80.8 cm³/mol. The molecule has 0 aliphatic heterocycles. The summed E-state index contributed by atoms with van der Waals surface area (Å²) in [6.45, 7) is 2.83. The van der Waals surface area contributed by atoms with Crippen molar-refractivity contribution < 1.29 is 9.53 Å². The third kappa shape index (κ3) is 3.78. The fourth-order valence-electron chi connectivity index (χ4n) is 2.26. The molecule has 104 valence electrons. The third-order valence-corrected chi connectivity index (χ3v) is 3.18. The van der Waals surface area contributed by atoms with Crippen LogP contribution in [0.5, 0.6) is 0 Å². The Morgan fingerprint density at radius 3 is 1.90 bits per heavy atom. The molecule has 0 aliphatic rings. The maximum atomic E-state index is 12.5. The Morgan fingerprint density at radius 2 is 1.45 bits per heavy atom. The minimum absolute atomic E-state index is 0.107. The molecule has 0 aromatic heterocycles. The molecule has 0 radical (unpaired) electrons. The number of rotatable bonds is 7. The highest BCUT2D eigenvalue weighted by Gasteiger charge is 2.22. The van der Waals surface area contributed by atoms with Crippen molar-refractivity contribution in [2.24, 2.45) is 0 Å². The van der Waals surface area contributed by atoms with E-state index >= 15 is 0 Å². The summed E-state index contributed by atoms with van der Waals surface area (Å²) in [4.78, 5) is 12.5. The van der Waals surface area contributed by atoms with Gasteiger partial charge in [0.1, 0.15) is 6.61 Å². The second-order valence-corrected chi connectivity index (χ2v) is 4.77. The van der Waals surface area contributed by atoms with Crippen molar-refractivity contribution in [3.8, 4) is 0 Å². The highest BCUT2D eigenvalue weighted by atomic mass is 16.5. The molecular weight excluding hydrogens is 248 g/mol. The average molecular weight is 268 g/mol. The largest absolute Gasteiger partial charge is 0.374 e. The standard InChI is InChI=1S/C18H20O2/c1-2-13-20-14-17(19)18(15-9-5-3-6-10-15)16-11-7-4-8-12-16/h3-12,18H,2,13-14H2,1H3. The Labute approximate surface area is 120 Å². The molecule has 0 aliphatic carbocycles. The van der Waals surface area contributed by atoms with Crippen LogP contribution in [0.4, 0.5) is 0 Å². The van der Waals surface area contributed by atoms with Gasteiger partial charge in [0, 0.05) is 6.61 Å². The predicted octanol–water partition coefficient (Wildman–Crippen LogP) is 3.81. The zero-order valence-electron chi connectivity index (χ0n) is 11.8. The summed E-state index contributed by atoms with van der Waals surface area (Å²) in [6, 6.07) is 19.8. The van der Waals surface area contributed by atoms with Crippen LogP contribution in [0.1, 0.15) is 30.4 Å². The first-order valence-electron chi connectivity index (χ1n) is 7.03. The van der Waals surface area contributed by atoms with E-state index in [0.29, 0.717) is 6.61 Å². The van der Waals surface area contributed by atoms with Crippen molar-refractivity contribution in [1.82, 2.24) is 0 Å². The Bertz CT molecular complexity index is 480. The number of ketones is 1. The highest BCUT2D eigenvalue weighted by molar-refractivity contribution is 5.90. The van der Waals surface area contributed by atoms with E-state index in [2.05, 4.69) is 0 Å². The number of Topliss-reactive ketones (excluding diaryl/α,β-unsaturated/α-hetero) is 1. The van der Waals surface area contributed by atoms with Gasteiger partial charge in [-0.15, -0.1) is 0 Å². The zero-order chi connectivity index (χ0) is 14.2. The van der Waals surface area contributed by atoms with Gasteiger partial charge in [-0.05, 0) is 17.5 Å². The van der Waals surface area contributed by atoms with Crippen LogP contribution in [0.3, 0.4) is 0 Å². The Morgan fingerprint density at radius 1 is 0.950 bits per heavy atom. The lowest BCUT2D eigenvalue weighted by molar-refractivity contribution is -0.124. The molecule has 0 N–H and O–H groups in total. The van der Waals surface area contributed by atoms with Crippen LogP contribution < -0.4 is 0 Å². The van der Waals surface area contributed by atoms with Crippen molar-refractivity contribution >= 4 is 5.78 Å². The smallest absolute Gasteiger partial charge is 0.170 e. The Balaban J connectivity index is 2.23. The van der Waals surface area contributed by atoms with Crippen molar-refractivity contribution in [1.29, 1.82) is 0 Å². The van der Waals surface area contributed by atoms with E-state index in [1.54, 1.807) is 0 Å². The minimum Gasteiger partial charge on any atom is -0.374 e. The minimum atomic E-state index is -0.241. The normalized spacial score (nSPS) is 10.7. The summed E-state index contributed by atoms with van der Waals surface area (Å²) >= 11 is 0. The van der Waals surface area contributed by atoms with Crippen LogP contribution in [-0.2, 0) is 9.53 Å². The van der Waals surface area contributed by atoms with Gasteiger partial charge in [-0.1, -0.05) is 67.6 Å². The van der Waals surface area contributed by atoms with Crippen molar-refractivity contribution in [2.45, 2.75) is 19.3 Å². The molecule has 0 amide bonds. The summed E-state index contributed by atoms with van der Waals surface area (Å²) in [6.07, 6.45) is 0.925. The zero-order valence-corrected chi connectivity index (χ0v) is 11.8. The first-order valence-corrected chi connectivity index (χ1v) is 7.03. The van der Waals surface area contributed by atoms with Gasteiger partial charge in [-0.3, -0.25) is 4.79 Å². The van der Waals surface area contributed by atoms with Gasteiger partial charge >= 0.3 is 0 Å². The van der Waals surface area contributed by atoms with Crippen LogP contribution in [0.25, 0.3) is 0 Å². The van der Waals surface area contributed by atoms with E-state index in [4.69, 9.17) is 4.74 Å². The maximum Gasteiger partial charge on any atom is 0.170 e. The molecule has 0 fully saturated rings. The molecular formula is C18H20O2. The van der Waals surface area contributed by atoms with Gasteiger partial charge in [0.25, 0.3) is 0 Å². The van der Waals surface area contributed by atoms with Crippen LogP contribution in [0.15, 0.2) is 60.7 Å². The van der Waals surface area contributed by atoms with Crippen LogP contribution in [-0.4, -0.2) is 19.0 Å². The van der Waals surface area contributed by atoms with Crippen LogP contribution in [0, 0.1) is 0 Å². The van der Waals surface area contributed by atoms with Crippen LogP contribution in [0.2, 0.25) is 0 Å². The van der Waals surface area contributed by atoms with Crippen molar-refractivity contribution in [2.75, 3.05) is 13.2 Å². The maximum absolute atomic E-state index is 12.5. The van der Waals surface area contributed by atoms with E-state index in [1.165, 1.54) is 0 Å². The summed E-state index contributed by atoms with van der Waals surface area (Å²) in [5.41, 5.74) is 2.03. The second-order valence-electron chi connectivity index (χ2n) is 4.77. The molecule has 2 rings (SSSR count). The van der Waals surface area contributed by atoms with E-state index in [1.807, 2.05) is 67.6 Å². The van der Waals surface area contributed by atoms with Gasteiger partial charge in [0.15, 0.2) is 5.78 Å². The summed E-state index contributed by atoms with van der Waals surface area (Å²) in [5.74, 6) is -0.134. The molecule has 2 nitrogen and oxygen atoms in total. The fourth-order valence-corrected chi connectivity index (χ4v) is 2.26. The van der Waals surface area contributed by atoms with Gasteiger partial charge in [0.05, 0.1) is 5.92 Å². The average Bonchev–Trinajstić information content (AvgIpc) is 2.50. The van der Waals surface area contributed by atoms with Gasteiger partial charge in [-0.2, -0.15) is 0 Å². The van der Waals surface area contributed by atoms with E-state index in [9.17, 15) is 4.79 Å². The number of hydrogen-bond donors (Lipinski definition) is 0. The van der Waals surface area contributed by atoms with Gasteiger partial charge in [0.2, 0.25) is 0 Å². The molecule has 0 unspecified atom stereocenters. The molecule has 0 atom stereocenters. The van der Waals surface area contributed by atoms with E-state index < -0.39 is 0 Å². The number of carbonyl (C=O) groups is 1. The number of hydrogen-bond acceptors (Lipinski definition) is 2. The first-order chi connectivity index (χ1) is 9.83. The van der Waals surface area contributed by atoms with Crippen LogP contribution >= 0.6 is 0 Å². The lowest BCUT2D eigenvalue weighted by atomic mass is 9.88. The molecule has 0 saturated carbocycles. The van der Waals surface area contributed by atoms with Crippen molar-refractivity contribution in [3.63, 3.8) is 0 Å². The van der Waals surface area contributed by atoms with E-state index in [0.717, 1.165) is 17.5 Å².